The van der Waals surface area contributed by atoms with Crippen LogP contribution in [0, 0.1) is 0 Å². The Labute approximate surface area is 121 Å². The van der Waals surface area contributed by atoms with Gasteiger partial charge in [0.2, 0.25) is 5.91 Å². The minimum Gasteiger partial charge on any atom is -0.347 e. The number of rotatable bonds is 4. The maximum Gasteiger partial charge on any atom is 0.245 e. The van der Waals surface area contributed by atoms with Crippen molar-refractivity contribution in [1.82, 2.24) is 29.9 Å². The van der Waals surface area contributed by atoms with Crippen LogP contribution < -0.4 is 5.32 Å². The molecular weight excluding hydrogens is 268 g/mol. The molecule has 3 aromatic rings. The van der Waals surface area contributed by atoms with Crippen molar-refractivity contribution in [2.45, 2.75) is 19.5 Å². The molecule has 7 nitrogen and oxygen atoms in total. The second-order valence-electron chi connectivity index (χ2n) is 4.87. The zero-order chi connectivity index (χ0) is 14.8. The SMILES string of the molecule is C[C@@H](C(=O)NCc1nccn1C)n1nnc2ccccc21. The highest BCUT2D eigenvalue weighted by molar-refractivity contribution is 5.82. The highest BCUT2D eigenvalue weighted by Gasteiger charge is 2.18. The van der Waals surface area contributed by atoms with Crippen LogP contribution in [-0.4, -0.2) is 30.5 Å². The number of aromatic nitrogens is 5. The van der Waals surface area contributed by atoms with E-state index in [1.165, 1.54) is 0 Å². The fourth-order valence-corrected chi connectivity index (χ4v) is 2.16. The largest absolute Gasteiger partial charge is 0.347 e. The van der Waals surface area contributed by atoms with Gasteiger partial charge in [-0.2, -0.15) is 0 Å². The molecule has 2 aromatic heterocycles. The standard InChI is InChI=1S/C14H16N6O/c1-10(14(21)16-9-13-15-7-8-19(13)2)20-12-6-4-3-5-11(12)17-18-20/h3-8,10H,9H2,1-2H3,(H,16,21)/t10-/m0/s1. The molecule has 0 aliphatic carbocycles. The van der Waals surface area contributed by atoms with E-state index >= 15 is 0 Å². The summed E-state index contributed by atoms with van der Waals surface area (Å²) in [6.45, 7) is 2.19. The molecule has 1 atom stereocenters. The van der Waals surface area contributed by atoms with Crippen LogP contribution in [0.3, 0.4) is 0 Å². The van der Waals surface area contributed by atoms with Crippen molar-refractivity contribution in [1.29, 1.82) is 0 Å². The Morgan fingerprint density at radius 3 is 2.95 bits per heavy atom. The highest BCUT2D eigenvalue weighted by atomic mass is 16.2. The summed E-state index contributed by atoms with van der Waals surface area (Å²) >= 11 is 0. The third-order valence-corrected chi connectivity index (χ3v) is 3.47. The van der Waals surface area contributed by atoms with Crippen molar-refractivity contribution in [2.24, 2.45) is 7.05 Å². The van der Waals surface area contributed by atoms with Crippen LogP contribution in [0.25, 0.3) is 11.0 Å². The number of carbonyl (C=O) groups is 1. The molecule has 1 amide bonds. The normalized spacial score (nSPS) is 12.5. The number of benzene rings is 1. The molecule has 0 saturated carbocycles. The molecule has 108 valence electrons. The van der Waals surface area contributed by atoms with E-state index in [2.05, 4.69) is 20.6 Å². The van der Waals surface area contributed by atoms with Crippen LogP contribution in [0.1, 0.15) is 18.8 Å². The first-order chi connectivity index (χ1) is 10.2. The molecule has 0 bridgehead atoms. The maximum atomic E-state index is 12.3. The van der Waals surface area contributed by atoms with Gasteiger partial charge in [0.25, 0.3) is 0 Å². The fraction of sp³-hybridized carbons (Fsp3) is 0.286. The van der Waals surface area contributed by atoms with Crippen molar-refractivity contribution in [3.63, 3.8) is 0 Å². The second-order valence-corrected chi connectivity index (χ2v) is 4.87. The van der Waals surface area contributed by atoms with E-state index in [1.807, 2.05) is 42.1 Å². The molecule has 0 radical (unpaired) electrons. The van der Waals surface area contributed by atoms with Gasteiger partial charge in [-0.3, -0.25) is 4.79 Å². The van der Waals surface area contributed by atoms with Crippen molar-refractivity contribution in [3.8, 4) is 0 Å². The lowest BCUT2D eigenvalue weighted by molar-refractivity contribution is -0.124. The predicted octanol–water partition coefficient (Wildman–Crippen LogP) is 1.04. The number of hydrogen-bond donors (Lipinski definition) is 1. The number of fused-ring (bicyclic) bond motifs is 1. The van der Waals surface area contributed by atoms with E-state index in [1.54, 1.807) is 17.8 Å². The molecule has 2 heterocycles. The van der Waals surface area contributed by atoms with Crippen molar-refractivity contribution in [2.75, 3.05) is 0 Å². The number of imidazole rings is 1. The van der Waals surface area contributed by atoms with Gasteiger partial charge in [-0.1, -0.05) is 17.3 Å². The number of aryl methyl sites for hydroxylation is 1. The molecular formula is C14H16N6O. The molecule has 0 saturated heterocycles. The van der Waals surface area contributed by atoms with Crippen LogP contribution in [0.15, 0.2) is 36.7 Å². The third-order valence-electron chi connectivity index (χ3n) is 3.47. The molecule has 0 unspecified atom stereocenters. The molecule has 21 heavy (non-hydrogen) atoms. The van der Waals surface area contributed by atoms with E-state index in [0.717, 1.165) is 16.9 Å². The van der Waals surface area contributed by atoms with E-state index in [0.29, 0.717) is 6.54 Å². The van der Waals surface area contributed by atoms with Gasteiger partial charge in [0.1, 0.15) is 17.4 Å². The van der Waals surface area contributed by atoms with Gasteiger partial charge in [-0.15, -0.1) is 5.10 Å². The predicted molar refractivity (Wildman–Crippen MR) is 77.3 cm³/mol. The topological polar surface area (TPSA) is 77.6 Å². The lowest BCUT2D eigenvalue weighted by atomic mass is 10.2. The molecule has 7 heteroatoms. The van der Waals surface area contributed by atoms with Gasteiger partial charge in [0.15, 0.2) is 0 Å². The van der Waals surface area contributed by atoms with Crippen LogP contribution >= 0.6 is 0 Å². The monoisotopic (exact) mass is 284 g/mol. The van der Waals surface area contributed by atoms with Crippen molar-refractivity contribution < 1.29 is 4.79 Å². The van der Waals surface area contributed by atoms with E-state index in [-0.39, 0.29) is 5.91 Å². The minimum atomic E-state index is -0.433. The van der Waals surface area contributed by atoms with Crippen LogP contribution in [0.4, 0.5) is 0 Å². The number of hydrogen-bond acceptors (Lipinski definition) is 4. The Hall–Kier alpha value is -2.70. The van der Waals surface area contributed by atoms with Gasteiger partial charge in [-0.25, -0.2) is 9.67 Å². The van der Waals surface area contributed by atoms with Crippen LogP contribution in [0.2, 0.25) is 0 Å². The first-order valence-electron chi connectivity index (χ1n) is 6.70. The Morgan fingerprint density at radius 1 is 1.38 bits per heavy atom. The quantitative estimate of drug-likeness (QED) is 0.776. The summed E-state index contributed by atoms with van der Waals surface area (Å²) in [6.07, 6.45) is 3.55. The zero-order valence-corrected chi connectivity index (χ0v) is 11.9. The average molecular weight is 284 g/mol. The molecule has 1 aromatic carbocycles. The van der Waals surface area contributed by atoms with Gasteiger partial charge in [0, 0.05) is 19.4 Å². The van der Waals surface area contributed by atoms with Gasteiger partial charge in [-0.05, 0) is 19.1 Å². The Kier molecular flexibility index (Phi) is 3.39. The molecule has 0 spiro atoms. The Bertz CT molecular complexity index is 774. The van der Waals surface area contributed by atoms with Crippen molar-refractivity contribution in [3.05, 3.63) is 42.5 Å². The minimum absolute atomic E-state index is 0.117. The summed E-state index contributed by atoms with van der Waals surface area (Å²) in [7, 11) is 1.89. The molecule has 0 aliphatic heterocycles. The summed E-state index contributed by atoms with van der Waals surface area (Å²) in [4.78, 5) is 16.4. The average Bonchev–Trinajstić information content (AvgIpc) is 3.10. The van der Waals surface area contributed by atoms with Gasteiger partial charge in [0.05, 0.1) is 12.1 Å². The third kappa shape index (κ3) is 2.49. The van der Waals surface area contributed by atoms with E-state index in [4.69, 9.17) is 0 Å². The molecule has 0 fully saturated rings. The summed E-state index contributed by atoms with van der Waals surface area (Å²) in [6, 6.07) is 7.14. The summed E-state index contributed by atoms with van der Waals surface area (Å²) in [5.41, 5.74) is 1.62. The summed E-state index contributed by atoms with van der Waals surface area (Å²) < 4.78 is 3.50. The lowest BCUT2D eigenvalue weighted by Crippen LogP contribution is -2.31. The summed E-state index contributed by atoms with van der Waals surface area (Å²) in [5.74, 6) is 0.688. The number of nitrogens with one attached hydrogen (secondary N) is 1. The van der Waals surface area contributed by atoms with Crippen LogP contribution in [-0.2, 0) is 18.4 Å². The van der Waals surface area contributed by atoms with Gasteiger partial charge >= 0.3 is 0 Å². The Balaban J connectivity index is 1.74. The molecule has 0 aliphatic rings. The molecule has 1 N–H and O–H groups in total. The Morgan fingerprint density at radius 2 is 2.19 bits per heavy atom. The first kappa shape index (κ1) is 13.3. The molecule has 3 rings (SSSR count). The summed E-state index contributed by atoms with van der Waals surface area (Å²) in [5, 5.41) is 11.0. The highest BCUT2D eigenvalue weighted by Crippen LogP contribution is 2.15. The number of para-hydroxylation sites is 1. The lowest BCUT2D eigenvalue weighted by Gasteiger charge is -2.12. The van der Waals surface area contributed by atoms with E-state index in [9.17, 15) is 4.79 Å². The zero-order valence-electron chi connectivity index (χ0n) is 11.9. The number of amides is 1. The number of carbonyl (C=O) groups excluding carboxylic acids is 1. The van der Waals surface area contributed by atoms with Crippen molar-refractivity contribution >= 4 is 16.9 Å². The maximum absolute atomic E-state index is 12.3. The van der Waals surface area contributed by atoms with E-state index < -0.39 is 6.04 Å². The van der Waals surface area contributed by atoms with Gasteiger partial charge < -0.3 is 9.88 Å². The first-order valence-corrected chi connectivity index (χ1v) is 6.70. The fourth-order valence-electron chi connectivity index (χ4n) is 2.16. The van der Waals surface area contributed by atoms with Crippen LogP contribution in [0.5, 0.6) is 0 Å². The smallest absolute Gasteiger partial charge is 0.245 e. The number of nitrogens with zero attached hydrogens (tertiary/aromatic N) is 5. The second kappa shape index (κ2) is 5.35.